The van der Waals surface area contributed by atoms with Gasteiger partial charge in [0.15, 0.2) is 0 Å². The molecule has 1 fully saturated rings. The molecule has 3 unspecified atom stereocenters. The molecule has 172 valence electrons. The molecular weight excluding hydrogens is 428 g/mol. The summed E-state index contributed by atoms with van der Waals surface area (Å²) in [5, 5.41) is 2.28. The number of amides is 1. The number of hydroxylamine groups is 1. The number of rotatable bonds is 13. The maximum absolute atomic E-state index is 12.4. The van der Waals surface area contributed by atoms with Gasteiger partial charge in [0.25, 0.3) is 5.56 Å². The highest BCUT2D eigenvalue weighted by Crippen LogP contribution is 2.30. The first-order chi connectivity index (χ1) is 13.9. The zero-order valence-corrected chi connectivity index (χ0v) is 19.9. The molecule has 1 aliphatic rings. The summed E-state index contributed by atoms with van der Waals surface area (Å²) in [6, 6.07) is 1.44. The Morgan fingerprint density at radius 1 is 1.00 bits per heavy atom. The largest absolute Gasteiger partial charge is 0.384 e. The number of aromatic nitrogens is 1. The van der Waals surface area contributed by atoms with Crippen LogP contribution in [0.25, 0.3) is 0 Å². The zero-order chi connectivity index (χ0) is 22.4. The molecule has 0 radical (unpaired) electrons. The molecule has 1 saturated heterocycles. The van der Waals surface area contributed by atoms with E-state index in [-0.39, 0.29) is 28.4 Å². The van der Waals surface area contributed by atoms with Crippen molar-refractivity contribution in [3.05, 3.63) is 22.2 Å². The number of nitrogens with one attached hydrogen (secondary N) is 2. The third-order valence-electron chi connectivity index (χ3n) is 5.31. The highest BCUT2D eigenvalue weighted by atomic mass is 32.2. The van der Waals surface area contributed by atoms with Gasteiger partial charge in [-0.3, -0.25) is 22.8 Å². The summed E-state index contributed by atoms with van der Waals surface area (Å²) >= 11 is 0. The molecule has 1 aliphatic heterocycles. The predicted molar refractivity (Wildman–Crippen MR) is 118 cm³/mol. The van der Waals surface area contributed by atoms with E-state index in [4.69, 9.17) is 9.36 Å². The highest BCUT2D eigenvalue weighted by Gasteiger charge is 2.30. The Morgan fingerprint density at radius 3 is 2.10 bits per heavy atom. The maximum atomic E-state index is 12.4. The van der Waals surface area contributed by atoms with Gasteiger partial charge >= 0.3 is 0 Å². The molecule has 8 nitrogen and oxygen atoms in total. The maximum Gasteiger partial charge on any atom is 0.280 e. The van der Waals surface area contributed by atoms with Crippen molar-refractivity contribution in [2.24, 2.45) is 10.8 Å². The van der Waals surface area contributed by atoms with Gasteiger partial charge in [-0.05, 0) is 30.1 Å². The lowest BCUT2D eigenvalue weighted by Crippen LogP contribution is -2.24. The second-order valence-electron chi connectivity index (χ2n) is 9.55. The Balaban J connectivity index is 1.64. The van der Waals surface area contributed by atoms with Crippen LogP contribution in [0.4, 0.5) is 0 Å². The van der Waals surface area contributed by atoms with Gasteiger partial charge in [0.05, 0.1) is 12.5 Å². The van der Waals surface area contributed by atoms with Crippen molar-refractivity contribution in [3.8, 4) is 0 Å². The Bertz CT molecular complexity index is 814. The van der Waals surface area contributed by atoms with E-state index in [0.29, 0.717) is 41.6 Å². The number of hydrogen-bond acceptors (Lipinski definition) is 6. The molecule has 0 saturated carbocycles. The molecule has 1 aromatic heterocycles. The van der Waals surface area contributed by atoms with E-state index in [1.54, 1.807) is 0 Å². The fraction of sp³-hybridized carbons (Fsp3) is 0.800. The Kier molecular flexibility index (Phi) is 9.05. The minimum Gasteiger partial charge on any atom is -0.384 e. The lowest BCUT2D eigenvalue weighted by molar-refractivity contribution is -0.124. The van der Waals surface area contributed by atoms with Gasteiger partial charge < -0.3 is 4.52 Å². The van der Waals surface area contributed by atoms with Crippen molar-refractivity contribution in [1.82, 2.24) is 10.6 Å². The molecule has 0 spiro atoms. The number of hydrogen-bond donors (Lipinski definition) is 2. The van der Waals surface area contributed by atoms with Crippen LogP contribution in [0.15, 0.2) is 15.4 Å². The molecule has 0 aliphatic carbocycles. The predicted octanol–water partition coefficient (Wildman–Crippen LogP) is 2.05. The van der Waals surface area contributed by atoms with E-state index in [1.165, 1.54) is 6.07 Å². The minimum atomic E-state index is -1.03. The summed E-state index contributed by atoms with van der Waals surface area (Å²) < 4.78 is 29.8. The van der Waals surface area contributed by atoms with E-state index in [2.05, 4.69) is 38.3 Å². The molecule has 1 aromatic rings. The number of aromatic amines is 1. The monoisotopic (exact) mass is 462 g/mol. The van der Waals surface area contributed by atoms with Crippen LogP contribution < -0.4 is 11.0 Å². The lowest BCUT2D eigenvalue weighted by atomic mass is 9.83. The number of carbonyl (C=O) groups excluding carboxylic acids is 1. The average molecular weight is 463 g/mol. The van der Waals surface area contributed by atoms with Crippen LogP contribution in [-0.2, 0) is 37.7 Å². The Hall–Kier alpha value is -1.26. The second kappa shape index (κ2) is 10.9. The highest BCUT2D eigenvalue weighted by molar-refractivity contribution is 7.88. The summed E-state index contributed by atoms with van der Waals surface area (Å²) in [5.41, 5.74) is 1.90. The molecule has 3 atom stereocenters. The van der Waals surface area contributed by atoms with Crippen molar-refractivity contribution < 1.29 is 22.6 Å². The topological polar surface area (TPSA) is 118 Å². The van der Waals surface area contributed by atoms with Gasteiger partial charge in [-0.1, -0.05) is 27.7 Å². The SMILES string of the molecule is CC(C)(CCS(=O)CCS(=O)CCC(C)(C)CC1CC(=O)NO1)Cc1cc(=O)[nH]o1. The van der Waals surface area contributed by atoms with Crippen molar-refractivity contribution in [1.29, 1.82) is 0 Å². The first-order valence-electron chi connectivity index (χ1n) is 10.3. The van der Waals surface area contributed by atoms with E-state index in [0.717, 1.165) is 19.3 Å². The quantitative estimate of drug-likeness (QED) is 0.463. The van der Waals surface area contributed by atoms with Crippen LogP contribution in [-0.4, -0.2) is 48.6 Å². The van der Waals surface area contributed by atoms with Gasteiger partial charge in [0.1, 0.15) is 5.76 Å². The molecule has 0 aromatic carbocycles. The molecule has 10 heteroatoms. The second-order valence-corrected chi connectivity index (χ2v) is 12.9. The summed E-state index contributed by atoms with van der Waals surface area (Å²) in [6.07, 6.45) is 3.05. The van der Waals surface area contributed by atoms with Gasteiger partial charge in [0, 0.05) is 57.1 Å². The average Bonchev–Trinajstić information content (AvgIpc) is 3.23. The van der Waals surface area contributed by atoms with Gasteiger partial charge in [-0.2, -0.15) is 5.16 Å². The smallest absolute Gasteiger partial charge is 0.280 e. The van der Waals surface area contributed by atoms with Crippen LogP contribution in [0.5, 0.6) is 0 Å². The van der Waals surface area contributed by atoms with Crippen LogP contribution in [0, 0.1) is 10.8 Å². The van der Waals surface area contributed by atoms with Crippen LogP contribution in [0.3, 0.4) is 0 Å². The third-order valence-corrected chi connectivity index (χ3v) is 8.21. The van der Waals surface area contributed by atoms with E-state index in [9.17, 15) is 18.0 Å². The van der Waals surface area contributed by atoms with Gasteiger partial charge in [-0.25, -0.2) is 5.48 Å². The lowest BCUT2D eigenvalue weighted by Gasteiger charge is -2.26. The van der Waals surface area contributed by atoms with Crippen molar-refractivity contribution in [3.63, 3.8) is 0 Å². The third kappa shape index (κ3) is 9.26. The van der Waals surface area contributed by atoms with Crippen LogP contribution in [0.1, 0.15) is 59.1 Å². The molecule has 2 heterocycles. The van der Waals surface area contributed by atoms with Crippen molar-refractivity contribution in [2.45, 2.75) is 65.9 Å². The summed E-state index contributed by atoms with van der Waals surface area (Å²) in [4.78, 5) is 27.6. The van der Waals surface area contributed by atoms with Crippen molar-refractivity contribution >= 4 is 27.5 Å². The Labute approximate surface area is 182 Å². The van der Waals surface area contributed by atoms with Gasteiger partial charge in [-0.15, -0.1) is 0 Å². The van der Waals surface area contributed by atoms with Crippen LogP contribution in [0.2, 0.25) is 0 Å². The molecule has 1 amide bonds. The number of carbonyl (C=O) groups is 1. The van der Waals surface area contributed by atoms with Gasteiger partial charge in [0.2, 0.25) is 5.91 Å². The minimum absolute atomic E-state index is 0.0803. The molecule has 0 bridgehead atoms. The first-order valence-corrected chi connectivity index (χ1v) is 13.2. The molecule has 30 heavy (non-hydrogen) atoms. The fourth-order valence-corrected chi connectivity index (χ4v) is 6.87. The Morgan fingerprint density at radius 2 is 1.60 bits per heavy atom. The fourth-order valence-electron chi connectivity index (χ4n) is 3.41. The summed E-state index contributed by atoms with van der Waals surface area (Å²) in [7, 11) is -2.05. The molecular formula is C20H34N2O6S2. The van der Waals surface area contributed by atoms with E-state index < -0.39 is 21.6 Å². The van der Waals surface area contributed by atoms with E-state index >= 15 is 0 Å². The standard InChI is InChI=1S/C20H34N2O6S2/c1-19(2,13-15-11-17(23)21-27-15)5-7-29(25)9-10-30(26)8-6-20(3,4)14-16-12-18(24)22-28-16/h11,16H,5-10,12-14H2,1-4H3,(H,21,23)(H,22,24). The van der Waals surface area contributed by atoms with Crippen molar-refractivity contribution in [2.75, 3.05) is 23.0 Å². The summed E-state index contributed by atoms with van der Waals surface area (Å²) in [6.45, 7) is 8.27. The summed E-state index contributed by atoms with van der Waals surface area (Å²) in [5.74, 6) is 2.44. The molecule has 2 rings (SSSR count). The zero-order valence-electron chi connectivity index (χ0n) is 18.3. The number of H-pyrrole nitrogens is 1. The normalized spacial score (nSPS) is 19.6. The first kappa shape index (κ1) is 25.0. The van der Waals surface area contributed by atoms with Crippen LogP contribution >= 0.6 is 0 Å². The van der Waals surface area contributed by atoms with E-state index in [1.807, 2.05) is 0 Å². The molecule has 2 N–H and O–H groups in total.